The predicted octanol–water partition coefficient (Wildman–Crippen LogP) is 4.35. The highest BCUT2D eigenvalue weighted by atomic mass is 16.4. The molecule has 1 amide bonds. The number of piperidine rings is 1. The normalized spacial score (nSPS) is 17.3. The number of hydrogen-bond donors (Lipinski definition) is 2. The van der Waals surface area contributed by atoms with Crippen molar-refractivity contribution in [2.24, 2.45) is 5.16 Å². The maximum atomic E-state index is 12.9. The Morgan fingerprint density at radius 3 is 2.64 bits per heavy atom. The van der Waals surface area contributed by atoms with Crippen LogP contribution in [0.1, 0.15) is 47.4 Å². The minimum absolute atomic E-state index is 0.204. The third-order valence-electron chi connectivity index (χ3n) is 6.54. The number of carbonyl (C=O) groups excluding carboxylic acids is 1. The number of rotatable bonds is 6. The van der Waals surface area contributed by atoms with Gasteiger partial charge in [0.25, 0.3) is 5.91 Å². The lowest BCUT2D eigenvalue weighted by Crippen LogP contribution is -2.37. The summed E-state index contributed by atoms with van der Waals surface area (Å²) in [5.74, 6) is 0.748. The quantitative estimate of drug-likeness (QED) is 0.436. The van der Waals surface area contributed by atoms with Gasteiger partial charge in [0, 0.05) is 42.2 Å². The van der Waals surface area contributed by atoms with E-state index in [-0.39, 0.29) is 5.91 Å². The molecule has 0 unspecified atom stereocenters. The minimum atomic E-state index is -0.204. The third kappa shape index (κ3) is 4.54. The largest absolute Gasteiger partial charge is 0.450 e. The van der Waals surface area contributed by atoms with E-state index < -0.39 is 0 Å². The number of nitrogens with one attached hydrogen (secondary N) is 1. The van der Waals surface area contributed by atoms with E-state index in [4.69, 9.17) is 4.42 Å². The fourth-order valence-electron chi connectivity index (χ4n) is 4.78. The standard InChI is InChI=1S/C26H28N4O3/c31-26(28-12-15-30-13-2-1-3-14-30)24-17-22(18-8-10-27-11-9-18)25(33-24)20-4-6-21-19(16-20)5-7-23(21)29-32/h4,6,8-11,16-17,32H,1-3,5,7,12-15H2,(H,28,31). The zero-order valence-corrected chi connectivity index (χ0v) is 18.6. The van der Waals surface area contributed by atoms with Gasteiger partial charge in [0.1, 0.15) is 5.76 Å². The summed E-state index contributed by atoms with van der Waals surface area (Å²) in [7, 11) is 0. The van der Waals surface area contributed by atoms with Crippen molar-refractivity contribution in [1.29, 1.82) is 0 Å². The Morgan fingerprint density at radius 1 is 1.03 bits per heavy atom. The molecule has 0 spiro atoms. The monoisotopic (exact) mass is 444 g/mol. The van der Waals surface area contributed by atoms with Crippen LogP contribution in [0.25, 0.3) is 22.5 Å². The van der Waals surface area contributed by atoms with Gasteiger partial charge in [-0.05, 0) is 74.2 Å². The molecule has 3 heterocycles. The molecule has 7 nitrogen and oxygen atoms in total. The highest BCUT2D eigenvalue weighted by Gasteiger charge is 2.23. The lowest BCUT2D eigenvalue weighted by atomic mass is 9.99. The van der Waals surface area contributed by atoms with Crippen molar-refractivity contribution in [1.82, 2.24) is 15.2 Å². The number of pyridine rings is 1. The van der Waals surface area contributed by atoms with Crippen LogP contribution in [0.5, 0.6) is 0 Å². The highest BCUT2D eigenvalue weighted by Crippen LogP contribution is 2.37. The molecule has 170 valence electrons. The van der Waals surface area contributed by atoms with Crippen molar-refractivity contribution in [3.63, 3.8) is 0 Å². The lowest BCUT2D eigenvalue weighted by molar-refractivity contribution is 0.0919. The maximum Gasteiger partial charge on any atom is 0.287 e. The van der Waals surface area contributed by atoms with Crippen molar-refractivity contribution < 1.29 is 14.4 Å². The smallest absolute Gasteiger partial charge is 0.287 e. The minimum Gasteiger partial charge on any atom is -0.450 e. The summed E-state index contributed by atoms with van der Waals surface area (Å²) < 4.78 is 6.15. The molecular formula is C26H28N4O3. The molecule has 1 saturated heterocycles. The Hall–Kier alpha value is -3.45. The van der Waals surface area contributed by atoms with Crippen LogP contribution in [0.2, 0.25) is 0 Å². The summed E-state index contributed by atoms with van der Waals surface area (Å²) in [5.41, 5.74) is 5.48. The van der Waals surface area contributed by atoms with Gasteiger partial charge in [-0.15, -0.1) is 0 Å². The van der Waals surface area contributed by atoms with Gasteiger partial charge in [-0.1, -0.05) is 23.7 Å². The SMILES string of the molecule is O=C(NCCN1CCCCC1)c1cc(-c2ccncc2)c(-c2ccc3c(c2)CCC3=NO)o1. The van der Waals surface area contributed by atoms with Crippen LogP contribution < -0.4 is 5.32 Å². The second-order valence-electron chi connectivity index (χ2n) is 8.67. The molecule has 0 atom stereocenters. The average molecular weight is 445 g/mol. The Labute approximate surface area is 193 Å². The Bertz CT molecular complexity index is 1160. The molecule has 2 aliphatic rings. The van der Waals surface area contributed by atoms with Crippen LogP contribution in [0, 0.1) is 0 Å². The number of hydrogen-bond acceptors (Lipinski definition) is 6. The molecule has 2 N–H and O–H groups in total. The highest BCUT2D eigenvalue weighted by molar-refractivity contribution is 6.04. The van der Waals surface area contributed by atoms with Gasteiger partial charge in [0.2, 0.25) is 0 Å². The third-order valence-corrected chi connectivity index (χ3v) is 6.54. The number of likely N-dealkylation sites (tertiary alicyclic amines) is 1. The molecule has 1 fully saturated rings. The molecular weight excluding hydrogens is 416 g/mol. The maximum absolute atomic E-state index is 12.9. The first-order valence-corrected chi connectivity index (χ1v) is 11.6. The zero-order chi connectivity index (χ0) is 22.6. The van der Waals surface area contributed by atoms with Crippen LogP contribution in [-0.4, -0.2) is 52.9 Å². The summed E-state index contributed by atoms with van der Waals surface area (Å²) in [6.07, 6.45) is 8.77. The van der Waals surface area contributed by atoms with Crippen LogP contribution in [0.3, 0.4) is 0 Å². The Morgan fingerprint density at radius 2 is 1.85 bits per heavy atom. The topological polar surface area (TPSA) is 91.0 Å². The number of nitrogens with zero attached hydrogens (tertiary/aromatic N) is 3. The van der Waals surface area contributed by atoms with Gasteiger partial charge < -0.3 is 19.8 Å². The van der Waals surface area contributed by atoms with Gasteiger partial charge in [0.15, 0.2) is 5.76 Å². The second kappa shape index (κ2) is 9.58. The first-order valence-electron chi connectivity index (χ1n) is 11.6. The number of aromatic nitrogens is 1. The van der Waals surface area contributed by atoms with Crippen LogP contribution in [0.4, 0.5) is 0 Å². The summed E-state index contributed by atoms with van der Waals surface area (Å²) in [4.78, 5) is 19.4. The molecule has 0 bridgehead atoms. The van der Waals surface area contributed by atoms with Gasteiger partial charge >= 0.3 is 0 Å². The van der Waals surface area contributed by atoms with E-state index >= 15 is 0 Å². The van der Waals surface area contributed by atoms with Crippen molar-refractivity contribution in [3.8, 4) is 22.5 Å². The van der Waals surface area contributed by atoms with Crippen molar-refractivity contribution in [3.05, 3.63) is 65.7 Å². The number of furan rings is 1. The van der Waals surface area contributed by atoms with E-state index in [1.807, 2.05) is 30.3 Å². The molecule has 3 aromatic rings. The molecule has 1 aromatic carbocycles. The number of oxime groups is 1. The molecule has 7 heteroatoms. The Balaban J connectivity index is 1.41. The molecule has 1 aliphatic heterocycles. The molecule has 2 aromatic heterocycles. The summed E-state index contributed by atoms with van der Waals surface area (Å²) in [5, 5.41) is 15.7. The molecule has 0 radical (unpaired) electrons. The van der Waals surface area contributed by atoms with Crippen molar-refractivity contribution in [2.75, 3.05) is 26.2 Å². The molecule has 0 saturated carbocycles. The number of amides is 1. The van der Waals surface area contributed by atoms with Crippen LogP contribution >= 0.6 is 0 Å². The van der Waals surface area contributed by atoms with Crippen molar-refractivity contribution >= 4 is 11.6 Å². The predicted molar refractivity (Wildman–Crippen MR) is 127 cm³/mol. The molecule has 33 heavy (non-hydrogen) atoms. The first-order chi connectivity index (χ1) is 16.2. The average Bonchev–Trinajstić information content (AvgIpc) is 3.49. The van der Waals surface area contributed by atoms with E-state index in [1.165, 1.54) is 19.3 Å². The molecule has 1 aliphatic carbocycles. The number of carbonyl (C=O) groups is 1. The van der Waals surface area contributed by atoms with E-state index in [0.717, 1.165) is 60.3 Å². The number of benzene rings is 1. The Kier molecular flexibility index (Phi) is 6.21. The van der Waals surface area contributed by atoms with E-state index in [9.17, 15) is 10.0 Å². The summed E-state index contributed by atoms with van der Waals surface area (Å²) in [6.45, 7) is 3.67. The molecule has 5 rings (SSSR count). The van der Waals surface area contributed by atoms with Gasteiger partial charge in [-0.2, -0.15) is 0 Å². The number of aryl methyl sites for hydroxylation is 1. The van der Waals surface area contributed by atoms with Gasteiger partial charge in [0.05, 0.1) is 5.71 Å². The second-order valence-corrected chi connectivity index (χ2v) is 8.67. The fraction of sp³-hybridized carbons (Fsp3) is 0.346. The van der Waals surface area contributed by atoms with Gasteiger partial charge in [-0.3, -0.25) is 9.78 Å². The van der Waals surface area contributed by atoms with Crippen molar-refractivity contribution in [2.45, 2.75) is 32.1 Å². The fourth-order valence-corrected chi connectivity index (χ4v) is 4.78. The van der Waals surface area contributed by atoms with E-state index in [1.54, 1.807) is 12.4 Å². The number of fused-ring (bicyclic) bond motifs is 1. The van der Waals surface area contributed by atoms with Crippen LogP contribution in [0.15, 0.2) is 58.4 Å². The summed E-state index contributed by atoms with van der Waals surface area (Å²) >= 11 is 0. The van der Waals surface area contributed by atoms with Gasteiger partial charge in [-0.25, -0.2) is 0 Å². The van der Waals surface area contributed by atoms with E-state index in [2.05, 4.69) is 26.4 Å². The van der Waals surface area contributed by atoms with E-state index in [0.29, 0.717) is 23.8 Å². The zero-order valence-electron chi connectivity index (χ0n) is 18.6. The van der Waals surface area contributed by atoms with Crippen LogP contribution in [-0.2, 0) is 6.42 Å². The summed E-state index contributed by atoms with van der Waals surface area (Å²) in [6, 6.07) is 11.6. The lowest BCUT2D eigenvalue weighted by Gasteiger charge is -2.26. The first kappa shape index (κ1) is 21.4.